The summed E-state index contributed by atoms with van der Waals surface area (Å²) in [4.78, 5) is 23.6. The van der Waals surface area contributed by atoms with Gasteiger partial charge in [0.05, 0.1) is 23.3 Å². The third-order valence-electron chi connectivity index (χ3n) is 5.09. The Bertz CT molecular complexity index is 1050. The highest BCUT2D eigenvalue weighted by Gasteiger charge is 2.33. The fourth-order valence-electron chi connectivity index (χ4n) is 3.22. The Balaban J connectivity index is 1.57. The van der Waals surface area contributed by atoms with Crippen molar-refractivity contribution in [1.82, 2.24) is 9.97 Å². The topological polar surface area (TPSA) is 78.1 Å². The summed E-state index contributed by atoms with van der Waals surface area (Å²) in [5.74, 6) is 0.799. The molecule has 0 amide bonds. The molecule has 3 heterocycles. The van der Waals surface area contributed by atoms with E-state index in [1.165, 1.54) is 22.2 Å². The van der Waals surface area contributed by atoms with Crippen LogP contribution in [0.25, 0.3) is 10.2 Å². The van der Waals surface area contributed by atoms with Crippen LogP contribution in [0.2, 0.25) is 0 Å². The van der Waals surface area contributed by atoms with E-state index in [1.807, 2.05) is 24.3 Å². The molecule has 0 radical (unpaired) electrons. The second-order valence-electron chi connectivity index (χ2n) is 7.06. The summed E-state index contributed by atoms with van der Waals surface area (Å²) in [6, 6.07) is 7.34. The highest BCUT2D eigenvalue weighted by Crippen LogP contribution is 2.41. The summed E-state index contributed by atoms with van der Waals surface area (Å²) in [7, 11) is 0. The molecule has 2 N–H and O–H groups in total. The first kappa shape index (κ1) is 19.8. The fourth-order valence-corrected chi connectivity index (χ4v) is 5.40. The van der Waals surface area contributed by atoms with Gasteiger partial charge in [-0.2, -0.15) is 0 Å². The Morgan fingerprint density at radius 1 is 1.36 bits per heavy atom. The van der Waals surface area contributed by atoms with Gasteiger partial charge in [0.25, 0.3) is 0 Å². The van der Waals surface area contributed by atoms with Gasteiger partial charge in [-0.15, -0.1) is 11.3 Å². The zero-order chi connectivity index (χ0) is 19.9. The number of ether oxygens (including phenoxy) is 1. The maximum atomic E-state index is 12.4. The molecule has 8 heteroatoms. The maximum Gasteiger partial charge on any atom is 0.191 e. The number of ketones is 1. The van der Waals surface area contributed by atoms with Crippen LogP contribution < -0.4 is 5.73 Å². The number of thioether (sulfide) groups is 1. The third-order valence-corrected chi connectivity index (χ3v) is 7.57. The summed E-state index contributed by atoms with van der Waals surface area (Å²) in [5, 5.41) is 1.49. The number of nitrogen functional groups attached to an aromatic ring is 1. The van der Waals surface area contributed by atoms with Crippen LogP contribution >= 0.6 is 39.0 Å². The van der Waals surface area contributed by atoms with E-state index in [-0.39, 0.29) is 17.1 Å². The lowest BCUT2D eigenvalue weighted by Crippen LogP contribution is -2.33. The molecular formula is C20H20BrN3O2S2. The van der Waals surface area contributed by atoms with Crippen LogP contribution in [0.15, 0.2) is 33.9 Å². The van der Waals surface area contributed by atoms with Gasteiger partial charge in [0, 0.05) is 21.3 Å². The van der Waals surface area contributed by atoms with Gasteiger partial charge in [0.1, 0.15) is 10.6 Å². The normalized spacial score (nSPS) is 19.0. The Hall–Kier alpha value is -1.48. The summed E-state index contributed by atoms with van der Waals surface area (Å²) >= 11 is 6.31. The number of carbonyl (C=O) groups excluding carboxylic acids is 1. The second-order valence-corrected chi connectivity index (χ2v) is 10.0. The number of thiophene rings is 1. The third kappa shape index (κ3) is 3.83. The number of halogens is 1. The Labute approximate surface area is 180 Å². The molecule has 1 aliphatic heterocycles. The van der Waals surface area contributed by atoms with E-state index in [9.17, 15) is 4.79 Å². The molecule has 1 aliphatic rings. The van der Waals surface area contributed by atoms with Gasteiger partial charge in [-0.3, -0.25) is 4.79 Å². The number of carbonyl (C=O) groups is 1. The molecule has 0 bridgehead atoms. The molecule has 4 rings (SSSR count). The number of benzene rings is 1. The summed E-state index contributed by atoms with van der Waals surface area (Å²) in [6.45, 7) is 4.86. The van der Waals surface area contributed by atoms with Gasteiger partial charge >= 0.3 is 0 Å². The number of anilines is 1. The van der Waals surface area contributed by atoms with E-state index in [0.29, 0.717) is 23.1 Å². The monoisotopic (exact) mass is 477 g/mol. The highest BCUT2D eigenvalue weighted by molar-refractivity contribution is 9.10. The lowest BCUT2D eigenvalue weighted by atomic mass is 9.90. The number of nitrogens with two attached hydrogens (primary N) is 1. The molecular weight excluding hydrogens is 458 g/mol. The largest absolute Gasteiger partial charge is 0.383 e. The Morgan fingerprint density at radius 2 is 2.11 bits per heavy atom. The van der Waals surface area contributed by atoms with Crippen molar-refractivity contribution in [2.75, 3.05) is 11.5 Å². The van der Waals surface area contributed by atoms with E-state index in [4.69, 9.17) is 10.5 Å². The van der Waals surface area contributed by atoms with Crippen molar-refractivity contribution in [2.24, 2.45) is 0 Å². The first-order valence-electron chi connectivity index (χ1n) is 9.02. The smallest absolute Gasteiger partial charge is 0.191 e. The zero-order valence-corrected chi connectivity index (χ0v) is 18.8. The minimum Gasteiger partial charge on any atom is -0.383 e. The van der Waals surface area contributed by atoms with E-state index in [2.05, 4.69) is 39.7 Å². The minimum absolute atomic E-state index is 0.0392. The maximum absolute atomic E-state index is 12.4. The van der Waals surface area contributed by atoms with Crippen LogP contribution in [-0.4, -0.2) is 27.1 Å². The van der Waals surface area contributed by atoms with Crippen molar-refractivity contribution in [3.63, 3.8) is 0 Å². The molecule has 146 valence electrons. The van der Waals surface area contributed by atoms with Gasteiger partial charge in [-0.05, 0) is 31.0 Å². The molecule has 3 aromatic rings. The summed E-state index contributed by atoms with van der Waals surface area (Å²) < 4.78 is 6.99. The average Bonchev–Trinajstić information content (AvgIpc) is 3.04. The van der Waals surface area contributed by atoms with Crippen molar-refractivity contribution in [2.45, 2.75) is 44.1 Å². The van der Waals surface area contributed by atoms with Crippen LogP contribution in [0.1, 0.15) is 41.1 Å². The predicted molar refractivity (Wildman–Crippen MR) is 118 cm³/mol. The van der Waals surface area contributed by atoms with Gasteiger partial charge in [0.2, 0.25) is 0 Å². The lowest BCUT2D eigenvalue weighted by molar-refractivity contribution is -0.0542. The zero-order valence-electron chi connectivity index (χ0n) is 15.6. The number of fused-ring (bicyclic) bond motifs is 3. The Morgan fingerprint density at radius 3 is 2.82 bits per heavy atom. The molecule has 1 atom stereocenters. The van der Waals surface area contributed by atoms with Crippen LogP contribution in [0.4, 0.5) is 5.82 Å². The average molecular weight is 478 g/mol. The standard InChI is InChI=1S/C20H20BrN3O2S2/c1-3-20(2)8-13-15(9-26-20)28-18-16(13)17(22)23-19(24-18)27-10-14(25)11-4-6-12(21)7-5-11/h4-7H,3,8-10H2,1-2H3,(H2,22,23,24)/t20-/m1/s1. The van der Waals surface area contributed by atoms with Gasteiger partial charge in [0.15, 0.2) is 10.9 Å². The number of hydrogen-bond donors (Lipinski definition) is 1. The van der Waals surface area contributed by atoms with Crippen molar-refractivity contribution in [1.29, 1.82) is 0 Å². The lowest BCUT2D eigenvalue weighted by Gasteiger charge is -2.33. The molecule has 0 unspecified atom stereocenters. The van der Waals surface area contributed by atoms with E-state index in [1.54, 1.807) is 11.3 Å². The van der Waals surface area contributed by atoms with E-state index >= 15 is 0 Å². The van der Waals surface area contributed by atoms with Gasteiger partial charge in [-0.1, -0.05) is 46.7 Å². The summed E-state index contributed by atoms with van der Waals surface area (Å²) in [6.07, 6.45) is 1.76. The van der Waals surface area contributed by atoms with Crippen molar-refractivity contribution in [3.05, 3.63) is 44.7 Å². The van der Waals surface area contributed by atoms with E-state index < -0.39 is 0 Å². The van der Waals surface area contributed by atoms with Crippen LogP contribution in [0.5, 0.6) is 0 Å². The first-order valence-corrected chi connectivity index (χ1v) is 11.6. The van der Waals surface area contributed by atoms with Crippen LogP contribution in [-0.2, 0) is 17.8 Å². The fraction of sp³-hybridized carbons (Fsp3) is 0.350. The van der Waals surface area contributed by atoms with Crippen molar-refractivity contribution >= 4 is 60.8 Å². The van der Waals surface area contributed by atoms with Crippen LogP contribution in [0, 0.1) is 0 Å². The molecule has 0 saturated carbocycles. The molecule has 0 aliphatic carbocycles. The Kier molecular flexibility index (Phi) is 5.48. The molecule has 28 heavy (non-hydrogen) atoms. The number of hydrogen-bond acceptors (Lipinski definition) is 7. The van der Waals surface area contributed by atoms with Crippen molar-refractivity contribution < 1.29 is 9.53 Å². The highest BCUT2D eigenvalue weighted by atomic mass is 79.9. The number of rotatable bonds is 5. The molecule has 1 aromatic carbocycles. The molecule has 0 saturated heterocycles. The molecule has 0 spiro atoms. The number of aromatic nitrogens is 2. The minimum atomic E-state index is -0.169. The summed E-state index contributed by atoms with van der Waals surface area (Å²) in [5.41, 5.74) is 8.02. The molecule has 5 nitrogen and oxygen atoms in total. The van der Waals surface area contributed by atoms with Crippen molar-refractivity contribution in [3.8, 4) is 0 Å². The number of nitrogens with zero attached hydrogens (tertiary/aromatic N) is 2. The quantitative estimate of drug-likeness (QED) is 0.307. The van der Waals surface area contributed by atoms with Gasteiger partial charge < -0.3 is 10.5 Å². The van der Waals surface area contributed by atoms with E-state index in [0.717, 1.165) is 27.5 Å². The first-order chi connectivity index (χ1) is 13.4. The molecule has 0 fully saturated rings. The number of Topliss-reactive ketones (excluding diaryl/α,β-unsaturated/α-hetero) is 1. The van der Waals surface area contributed by atoms with Gasteiger partial charge in [-0.25, -0.2) is 9.97 Å². The van der Waals surface area contributed by atoms with Crippen LogP contribution in [0.3, 0.4) is 0 Å². The SMILES string of the molecule is CC[C@]1(C)Cc2c(sc3nc(SCC(=O)c4ccc(Br)cc4)nc(N)c23)CO1. The predicted octanol–water partition coefficient (Wildman–Crippen LogP) is 5.25. The second kappa shape index (κ2) is 7.74. The molecule has 2 aromatic heterocycles.